The highest BCUT2D eigenvalue weighted by Gasteiger charge is 2.46. The van der Waals surface area contributed by atoms with Crippen LogP contribution < -0.4 is 10.8 Å². The normalized spacial score (nSPS) is 36.4. The number of hydroxylamine groups is 1. The molecule has 0 bridgehead atoms. The molecule has 0 aliphatic heterocycles. The zero-order valence-electron chi connectivity index (χ0n) is 25.4. The molecule has 5 N–H and O–H groups in total. The summed E-state index contributed by atoms with van der Waals surface area (Å²) in [6, 6.07) is -2.43. The van der Waals surface area contributed by atoms with Crippen molar-refractivity contribution in [2.75, 3.05) is 6.79 Å². The smallest absolute Gasteiger partial charge is 0.307 e. The van der Waals surface area contributed by atoms with Gasteiger partial charge in [-0.05, 0) is 76.0 Å². The van der Waals surface area contributed by atoms with Crippen molar-refractivity contribution in [2.24, 2.45) is 29.6 Å². The number of nitrogens with zero attached hydrogens (tertiary/aromatic N) is 2. The molecule has 0 aromatic heterocycles. The second kappa shape index (κ2) is 16.1. The summed E-state index contributed by atoms with van der Waals surface area (Å²) >= 11 is 0. The van der Waals surface area contributed by atoms with E-state index >= 15 is 0 Å². The summed E-state index contributed by atoms with van der Waals surface area (Å²) < 4.78 is 11.9. The van der Waals surface area contributed by atoms with E-state index in [-0.39, 0.29) is 74.4 Å². The summed E-state index contributed by atoms with van der Waals surface area (Å²) in [6.07, 6.45) is 5.93. The van der Waals surface area contributed by atoms with E-state index in [0.717, 1.165) is 0 Å². The molecule has 0 spiro atoms. The first-order valence-corrected chi connectivity index (χ1v) is 16.1. The monoisotopic (exact) mass is 642 g/mol. The van der Waals surface area contributed by atoms with E-state index in [9.17, 15) is 50.0 Å². The third-order valence-electron chi connectivity index (χ3n) is 10.7. The lowest BCUT2D eigenvalue weighted by atomic mass is 9.68. The molecule has 16 heteroatoms. The molecule has 7 atom stereocenters. The molecule has 0 saturated heterocycles. The molecule has 4 aliphatic rings. The number of nitro groups is 2. The Morgan fingerprint density at radius 1 is 0.711 bits per heavy atom. The molecule has 4 rings (SSSR count). The minimum Gasteiger partial charge on any atom is -0.481 e. The Labute approximate surface area is 260 Å². The SMILES string of the molecule is O=C(O)C1CCC([N+](=O)[O-])CC1C(=O)NC1CCC(OCOC2CCC(C(NO)C3CC([N+](=O)[O-])CCC3C(=O)O)CC2)CC1. The van der Waals surface area contributed by atoms with Crippen LogP contribution in [0.5, 0.6) is 0 Å². The lowest BCUT2D eigenvalue weighted by Crippen LogP contribution is -2.50. The van der Waals surface area contributed by atoms with E-state index < -0.39 is 64.6 Å². The first-order chi connectivity index (χ1) is 21.5. The molecular weight excluding hydrogens is 596 g/mol. The van der Waals surface area contributed by atoms with E-state index in [4.69, 9.17) is 9.47 Å². The van der Waals surface area contributed by atoms with Gasteiger partial charge in [-0.3, -0.25) is 34.6 Å². The van der Waals surface area contributed by atoms with Gasteiger partial charge in [0.05, 0.1) is 30.0 Å². The summed E-state index contributed by atoms with van der Waals surface area (Å²) in [7, 11) is 0. The highest BCUT2D eigenvalue weighted by atomic mass is 16.7. The van der Waals surface area contributed by atoms with E-state index in [1.165, 1.54) is 0 Å². The summed E-state index contributed by atoms with van der Waals surface area (Å²) in [4.78, 5) is 58.3. The minimum absolute atomic E-state index is 0.0385. The van der Waals surface area contributed by atoms with Gasteiger partial charge >= 0.3 is 11.9 Å². The van der Waals surface area contributed by atoms with E-state index in [0.29, 0.717) is 51.4 Å². The van der Waals surface area contributed by atoms with Gasteiger partial charge in [-0.1, -0.05) is 0 Å². The molecule has 16 nitrogen and oxygen atoms in total. The maximum absolute atomic E-state index is 12.9. The average Bonchev–Trinajstić information content (AvgIpc) is 3.02. The van der Waals surface area contributed by atoms with E-state index in [1.54, 1.807) is 0 Å². The van der Waals surface area contributed by atoms with Crippen LogP contribution in [-0.2, 0) is 23.9 Å². The Morgan fingerprint density at radius 3 is 1.73 bits per heavy atom. The number of amides is 1. The number of carboxylic acid groups (broad SMARTS) is 2. The number of carboxylic acids is 2. The standard InChI is InChI=1S/C29H46N4O12/c34-27(25-14-19(33(42)43)6-12-23(25)29(37)38)30-17-3-9-21(10-4-17)45-15-44-20-7-1-16(2-8-20)26(31-39)24-13-18(32(40)41)5-11-22(24)28(35)36/h16-26,31,39H,1-15H2,(H,30,34)(H,35,36)(H,37,38). The van der Waals surface area contributed by atoms with Gasteiger partial charge in [-0.2, -0.15) is 0 Å². The fourth-order valence-corrected chi connectivity index (χ4v) is 8.08. The topological polar surface area (TPSA) is 241 Å². The molecule has 0 heterocycles. The second-order valence-electron chi connectivity index (χ2n) is 13.3. The van der Waals surface area contributed by atoms with E-state index in [2.05, 4.69) is 10.8 Å². The van der Waals surface area contributed by atoms with Crippen molar-refractivity contribution >= 4 is 17.8 Å². The fourth-order valence-electron chi connectivity index (χ4n) is 8.08. The summed E-state index contributed by atoms with van der Waals surface area (Å²) in [6.45, 7) is 0.0948. The predicted molar refractivity (Wildman–Crippen MR) is 154 cm³/mol. The van der Waals surface area contributed by atoms with Gasteiger partial charge in [0, 0.05) is 47.6 Å². The first kappa shape index (κ1) is 34.9. The molecule has 1 amide bonds. The van der Waals surface area contributed by atoms with Gasteiger partial charge in [0.15, 0.2) is 0 Å². The molecule has 0 aromatic rings. The molecule has 0 aromatic carbocycles. The van der Waals surface area contributed by atoms with Crippen LogP contribution >= 0.6 is 0 Å². The largest absolute Gasteiger partial charge is 0.481 e. The maximum atomic E-state index is 12.9. The van der Waals surface area contributed by atoms with Gasteiger partial charge in [0.2, 0.25) is 18.0 Å². The van der Waals surface area contributed by atoms with Crippen LogP contribution in [0, 0.1) is 49.8 Å². The second-order valence-corrected chi connectivity index (χ2v) is 13.3. The molecule has 7 unspecified atom stereocenters. The number of carbonyl (C=O) groups is 3. The number of hydrogen-bond donors (Lipinski definition) is 5. The predicted octanol–water partition coefficient (Wildman–Crippen LogP) is 2.60. The van der Waals surface area contributed by atoms with Crippen molar-refractivity contribution in [1.82, 2.24) is 10.8 Å². The van der Waals surface area contributed by atoms with Gasteiger partial charge in [0.25, 0.3) is 0 Å². The third-order valence-corrected chi connectivity index (χ3v) is 10.7. The van der Waals surface area contributed by atoms with Crippen LogP contribution in [0.25, 0.3) is 0 Å². The Bertz CT molecular complexity index is 1060. The Hall–Kier alpha value is -2.95. The van der Waals surface area contributed by atoms with Crippen LogP contribution in [0.2, 0.25) is 0 Å². The molecule has 0 radical (unpaired) electrons. The quantitative estimate of drug-likeness (QED) is 0.110. The minimum atomic E-state index is -1.10. The van der Waals surface area contributed by atoms with Crippen molar-refractivity contribution in [3.8, 4) is 0 Å². The molecular formula is C29H46N4O12. The van der Waals surface area contributed by atoms with E-state index in [1.807, 2.05) is 0 Å². The van der Waals surface area contributed by atoms with Crippen molar-refractivity contribution in [1.29, 1.82) is 0 Å². The Kier molecular flexibility index (Phi) is 12.5. The fraction of sp³-hybridized carbons (Fsp3) is 0.897. The number of hydrogen-bond acceptors (Lipinski definition) is 11. The van der Waals surface area contributed by atoms with Crippen molar-refractivity contribution in [2.45, 2.75) is 126 Å². The third kappa shape index (κ3) is 9.08. The van der Waals surface area contributed by atoms with Crippen LogP contribution in [0.15, 0.2) is 0 Å². The van der Waals surface area contributed by atoms with Gasteiger partial charge in [-0.25, -0.2) is 5.48 Å². The Balaban J connectivity index is 1.16. The molecule has 4 fully saturated rings. The lowest BCUT2D eigenvalue weighted by molar-refractivity contribution is -0.529. The van der Waals surface area contributed by atoms with Gasteiger partial charge in [0.1, 0.15) is 6.79 Å². The molecule has 254 valence electrons. The number of aliphatic carboxylic acids is 2. The van der Waals surface area contributed by atoms with Crippen LogP contribution in [0.3, 0.4) is 0 Å². The van der Waals surface area contributed by atoms with Gasteiger partial charge in [-0.15, -0.1) is 0 Å². The van der Waals surface area contributed by atoms with Crippen LogP contribution in [0.1, 0.15) is 89.9 Å². The highest BCUT2D eigenvalue weighted by Crippen LogP contribution is 2.40. The zero-order valence-corrected chi connectivity index (χ0v) is 25.4. The maximum Gasteiger partial charge on any atom is 0.307 e. The van der Waals surface area contributed by atoms with Crippen LogP contribution in [-0.4, -0.2) is 86.3 Å². The summed E-state index contributed by atoms with van der Waals surface area (Å²) in [5.74, 6) is -5.70. The van der Waals surface area contributed by atoms with Crippen molar-refractivity contribution in [3.05, 3.63) is 20.2 Å². The highest BCUT2D eigenvalue weighted by molar-refractivity contribution is 5.85. The molecule has 45 heavy (non-hydrogen) atoms. The first-order valence-electron chi connectivity index (χ1n) is 16.1. The van der Waals surface area contributed by atoms with Crippen LogP contribution in [0.4, 0.5) is 0 Å². The molecule has 4 aliphatic carbocycles. The van der Waals surface area contributed by atoms with Gasteiger partial charge < -0.3 is 30.2 Å². The summed E-state index contributed by atoms with van der Waals surface area (Å²) in [5.41, 5.74) is 2.30. The summed E-state index contributed by atoms with van der Waals surface area (Å²) in [5, 5.41) is 54.8. The number of nitrogens with one attached hydrogen (secondary N) is 2. The lowest BCUT2D eigenvalue weighted by Gasteiger charge is -2.41. The van der Waals surface area contributed by atoms with Crippen molar-refractivity contribution in [3.63, 3.8) is 0 Å². The average molecular weight is 643 g/mol. The number of carbonyl (C=O) groups excluding carboxylic acids is 1. The molecule has 4 saturated carbocycles. The zero-order chi connectivity index (χ0) is 32.7. The Morgan fingerprint density at radius 2 is 1.22 bits per heavy atom. The van der Waals surface area contributed by atoms with Crippen molar-refractivity contribution < 1.29 is 49.1 Å². The number of rotatable bonds is 13. The number of ether oxygens (including phenoxy) is 2.